The number of rotatable bonds is 3. The minimum Gasteiger partial charge on any atom is -0.319 e. The maximum atomic E-state index is 6.23. The van der Waals surface area contributed by atoms with Crippen LogP contribution in [0.25, 0.3) is 0 Å². The first-order valence-electron chi connectivity index (χ1n) is 5.52. The molecule has 0 aliphatic rings. The fourth-order valence-electron chi connectivity index (χ4n) is 1.85. The van der Waals surface area contributed by atoms with Crippen LogP contribution in [0.2, 0.25) is 5.02 Å². The van der Waals surface area contributed by atoms with E-state index in [0.29, 0.717) is 5.02 Å². The third kappa shape index (κ3) is 2.33. The fourth-order valence-corrected chi connectivity index (χ4v) is 2.11. The van der Waals surface area contributed by atoms with Gasteiger partial charge in [0.05, 0.1) is 23.0 Å². The van der Waals surface area contributed by atoms with E-state index >= 15 is 0 Å². The molecule has 1 unspecified atom stereocenters. The van der Waals surface area contributed by atoms with Gasteiger partial charge in [-0.2, -0.15) is 5.10 Å². The Labute approximate surface area is 105 Å². The standard InChI is InChI=1S/C12H15ClN4/c1-3-17-12(10(13)7-16-17)11(14)9-4-5-15-8(2)6-9/h4-7,11H,3,14H2,1-2H3. The third-order valence-corrected chi connectivity index (χ3v) is 3.00. The molecule has 0 saturated carbocycles. The van der Waals surface area contributed by atoms with Crippen molar-refractivity contribution < 1.29 is 0 Å². The topological polar surface area (TPSA) is 56.7 Å². The van der Waals surface area contributed by atoms with Crippen molar-refractivity contribution in [3.05, 3.63) is 46.5 Å². The van der Waals surface area contributed by atoms with Gasteiger partial charge in [-0.1, -0.05) is 11.6 Å². The average Bonchev–Trinajstić information content (AvgIpc) is 2.69. The molecule has 5 heteroatoms. The highest BCUT2D eigenvalue weighted by molar-refractivity contribution is 6.31. The Morgan fingerprint density at radius 2 is 2.29 bits per heavy atom. The monoisotopic (exact) mass is 250 g/mol. The summed E-state index contributed by atoms with van der Waals surface area (Å²) in [5.41, 5.74) is 9.02. The van der Waals surface area contributed by atoms with E-state index in [2.05, 4.69) is 10.1 Å². The van der Waals surface area contributed by atoms with Crippen molar-refractivity contribution in [2.75, 3.05) is 0 Å². The molecule has 2 heterocycles. The van der Waals surface area contributed by atoms with Crippen molar-refractivity contribution in [1.82, 2.24) is 14.8 Å². The van der Waals surface area contributed by atoms with Crippen molar-refractivity contribution in [1.29, 1.82) is 0 Å². The molecule has 0 aliphatic heterocycles. The first kappa shape index (κ1) is 12.1. The first-order chi connectivity index (χ1) is 8.13. The highest BCUT2D eigenvalue weighted by atomic mass is 35.5. The highest BCUT2D eigenvalue weighted by Gasteiger charge is 2.18. The van der Waals surface area contributed by atoms with E-state index in [0.717, 1.165) is 23.5 Å². The Morgan fingerprint density at radius 1 is 1.53 bits per heavy atom. The lowest BCUT2D eigenvalue weighted by Crippen LogP contribution is -2.17. The van der Waals surface area contributed by atoms with Crippen LogP contribution in [0.4, 0.5) is 0 Å². The van der Waals surface area contributed by atoms with Crippen LogP contribution in [0.3, 0.4) is 0 Å². The van der Waals surface area contributed by atoms with Crippen LogP contribution in [0.1, 0.15) is 29.9 Å². The van der Waals surface area contributed by atoms with Crippen LogP contribution in [-0.2, 0) is 6.54 Å². The van der Waals surface area contributed by atoms with Crippen LogP contribution in [-0.4, -0.2) is 14.8 Å². The van der Waals surface area contributed by atoms with E-state index in [-0.39, 0.29) is 6.04 Å². The summed E-state index contributed by atoms with van der Waals surface area (Å²) in [6, 6.07) is 3.60. The Kier molecular flexibility index (Phi) is 3.45. The molecule has 0 amide bonds. The van der Waals surface area contributed by atoms with Crippen molar-refractivity contribution in [3.8, 4) is 0 Å². The number of halogens is 1. The summed E-state index contributed by atoms with van der Waals surface area (Å²) < 4.78 is 1.82. The Hall–Kier alpha value is -1.39. The third-order valence-electron chi connectivity index (χ3n) is 2.71. The van der Waals surface area contributed by atoms with Gasteiger partial charge in [0.2, 0.25) is 0 Å². The molecule has 0 saturated heterocycles. The molecule has 2 N–H and O–H groups in total. The van der Waals surface area contributed by atoms with Gasteiger partial charge in [-0.25, -0.2) is 0 Å². The van der Waals surface area contributed by atoms with Crippen molar-refractivity contribution in [3.63, 3.8) is 0 Å². The normalized spacial score (nSPS) is 12.7. The highest BCUT2D eigenvalue weighted by Crippen LogP contribution is 2.26. The number of nitrogens with two attached hydrogens (primary N) is 1. The lowest BCUT2D eigenvalue weighted by atomic mass is 10.1. The zero-order valence-electron chi connectivity index (χ0n) is 9.89. The lowest BCUT2D eigenvalue weighted by molar-refractivity contribution is 0.600. The van der Waals surface area contributed by atoms with Gasteiger partial charge in [-0.05, 0) is 31.5 Å². The first-order valence-corrected chi connectivity index (χ1v) is 5.90. The maximum absolute atomic E-state index is 6.23. The largest absolute Gasteiger partial charge is 0.319 e. The van der Waals surface area contributed by atoms with E-state index in [4.69, 9.17) is 17.3 Å². The van der Waals surface area contributed by atoms with Gasteiger partial charge in [0.1, 0.15) is 0 Å². The van der Waals surface area contributed by atoms with E-state index < -0.39 is 0 Å². The minimum absolute atomic E-state index is 0.272. The lowest BCUT2D eigenvalue weighted by Gasteiger charge is -2.14. The summed E-state index contributed by atoms with van der Waals surface area (Å²) in [4.78, 5) is 4.16. The number of aromatic nitrogens is 3. The average molecular weight is 251 g/mol. The molecule has 1 atom stereocenters. The summed E-state index contributed by atoms with van der Waals surface area (Å²) in [7, 11) is 0. The predicted octanol–water partition coefficient (Wildman–Crippen LogP) is 2.31. The number of hydrogen-bond acceptors (Lipinski definition) is 3. The maximum Gasteiger partial charge on any atom is 0.0837 e. The smallest absolute Gasteiger partial charge is 0.0837 e. The van der Waals surface area contributed by atoms with Gasteiger partial charge in [0, 0.05) is 18.4 Å². The minimum atomic E-state index is -0.272. The molecule has 2 aromatic heterocycles. The van der Waals surface area contributed by atoms with Crippen LogP contribution in [0.15, 0.2) is 24.5 Å². The van der Waals surface area contributed by atoms with Crippen molar-refractivity contribution >= 4 is 11.6 Å². The zero-order valence-corrected chi connectivity index (χ0v) is 10.6. The molecule has 2 aromatic rings. The molecular weight excluding hydrogens is 236 g/mol. The van der Waals surface area contributed by atoms with E-state index in [1.807, 2.05) is 30.7 Å². The predicted molar refractivity (Wildman–Crippen MR) is 67.9 cm³/mol. The van der Waals surface area contributed by atoms with Crippen molar-refractivity contribution in [2.24, 2.45) is 5.73 Å². The molecular formula is C12H15ClN4. The molecule has 17 heavy (non-hydrogen) atoms. The van der Waals surface area contributed by atoms with Gasteiger partial charge >= 0.3 is 0 Å². The van der Waals surface area contributed by atoms with Gasteiger partial charge < -0.3 is 5.73 Å². The molecule has 2 rings (SSSR count). The SMILES string of the molecule is CCn1ncc(Cl)c1C(N)c1ccnc(C)c1. The van der Waals surface area contributed by atoms with Gasteiger partial charge in [-0.15, -0.1) is 0 Å². The molecule has 90 valence electrons. The van der Waals surface area contributed by atoms with Crippen LogP contribution in [0.5, 0.6) is 0 Å². The Balaban J connectivity index is 2.43. The number of pyridine rings is 1. The summed E-state index contributed by atoms with van der Waals surface area (Å²) in [6.07, 6.45) is 3.39. The van der Waals surface area contributed by atoms with Gasteiger partial charge in [0.15, 0.2) is 0 Å². The fraction of sp³-hybridized carbons (Fsp3) is 0.333. The van der Waals surface area contributed by atoms with Crippen LogP contribution < -0.4 is 5.73 Å². The molecule has 0 radical (unpaired) electrons. The number of hydrogen-bond donors (Lipinski definition) is 1. The van der Waals surface area contributed by atoms with E-state index in [1.165, 1.54) is 0 Å². The second-order valence-electron chi connectivity index (χ2n) is 3.90. The zero-order chi connectivity index (χ0) is 12.4. The Morgan fingerprint density at radius 3 is 2.94 bits per heavy atom. The quantitative estimate of drug-likeness (QED) is 0.910. The number of nitrogens with zero attached hydrogens (tertiary/aromatic N) is 3. The van der Waals surface area contributed by atoms with Crippen molar-refractivity contribution in [2.45, 2.75) is 26.4 Å². The second-order valence-corrected chi connectivity index (χ2v) is 4.31. The summed E-state index contributed by atoms with van der Waals surface area (Å²) in [6.45, 7) is 4.70. The summed E-state index contributed by atoms with van der Waals surface area (Å²) in [5, 5.41) is 4.80. The molecule has 0 aromatic carbocycles. The summed E-state index contributed by atoms with van der Waals surface area (Å²) >= 11 is 6.13. The van der Waals surface area contributed by atoms with Crippen LogP contribution in [0, 0.1) is 6.92 Å². The van der Waals surface area contributed by atoms with Gasteiger partial charge in [0.25, 0.3) is 0 Å². The summed E-state index contributed by atoms with van der Waals surface area (Å²) in [5.74, 6) is 0. The van der Waals surface area contributed by atoms with Crippen LogP contribution >= 0.6 is 11.6 Å². The van der Waals surface area contributed by atoms with E-state index in [1.54, 1.807) is 12.4 Å². The molecule has 0 bridgehead atoms. The molecule has 0 aliphatic carbocycles. The van der Waals surface area contributed by atoms with E-state index in [9.17, 15) is 0 Å². The Bertz CT molecular complexity index is 521. The molecule has 0 spiro atoms. The number of aryl methyl sites for hydroxylation is 2. The molecule has 0 fully saturated rings. The van der Waals surface area contributed by atoms with Gasteiger partial charge in [-0.3, -0.25) is 9.67 Å². The second kappa shape index (κ2) is 4.85. The molecule has 4 nitrogen and oxygen atoms in total.